The van der Waals surface area contributed by atoms with Gasteiger partial charge >= 0.3 is 0 Å². The number of rotatable bonds is 7. The van der Waals surface area contributed by atoms with E-state index in [0.29, 0.717) is 30.4 Å². The molecule has 1 aliphatic rings. The molecule has 0 radical (unpaired) electrons. The molecule has 1 N–H and O–H groups in total. The summed E-state index contributed by atoms with van der Waals surface area (Å²) in [5.74, 6) is 0.355. The molecule has 0 unspecified atom stereocenters. The Hall–Kier alpha value is -2.88. The Balaban J connectivity index is 1.66. The lowest BCUT2D eigenvalue weighted by Crippen LogP contribution is -2.40. The van der Waals surface area contributed by atoms with Gasteiger partial charge in [0.05, 0.1) is 25.9 Å². The van der Waals surface area contributed by atoms with E-state index in [1.807, 2.05) is 30.5 Å². The zero-order chi connectivity index (χ0) is 23.6. The van der Waals surface area contributed by atoms with Crippen LogP contribution in [0, 0.1) is 5.92 Å². The summed E-state index contributed by atoms with van der Waals surface area (Å²) in [6, 6.07) is 12.4. The smallest absolute Gasteiger partial charge is 0.257 e. The number of fused-ring (bicyclic) bond motifs is 1. The third kappa shape index (κ3) is 4.75. The Bertz CT molecular complexity index is 1260. The minimum absolute atomic E-state index is 0.0203. The van der Waals surface area contributed by atoms with E-state index in [4.69, 9.17) is 9.47 Å². The number of aromatic nitrogens is 1. The first kappa shape index (κ1) is 23.3. The summed E-state index contributed by atoms with van der Waals surface area (Å²) in [5, 5.41) is 3.72. The largest absolute Gasteiger partial charge is 0.495 e. The van der Waals surface area contributed by atoms with Crippen LogP contribution in [-0.4, -0.2) is 56.6 Å². The van der Waals surface area contributed by atoms with Gasteiger partial charge in [-0.2, -0.15) is 4.31 Å². The topological polar surface area (TPSA) is 89.9 Å². The molecule has 4 rings (SSSR count). The highest BCUT2D eigenvalue weighted by molar-refractivity contribution is 7.89. The quantitative estimate of drug-likeness (QED) is 0.569. The van der Waals surface area contributed by atoms with Crippen LogP contribution in [-0.2, 0) is 21.3 Å². The standard InChI is InChI=1S/C24H29N3O5S/c1-17(2)15-26-16-20(19-6-4-5-7-21(19)26)24(28)25-18-8-9-22(31-3)23(14-18)33(29,30)27-10-12-32-13-11-27/h4-9,14,16-17H,10-13,15H2,1-3H3,(H,25,28). The van der Waals surface area contributed by atoms with E-state index in [1.165, 1.54) is 17.5 Å². The van der Waals surface area contributed by atoms with Crippen LogP contribution in [0.15, 0.2) is 53.6 Å². The third-order valence-corrected chi connectivity index (χ3v) is 7.52. The lowest BCUT2D eigenvalue weighted by atomic mass is 10.1. The van der Waals surface area contributed by atoms with Crippen molar-refractivity contribution in [2.75, 3.05) is 38.7 Å². The Morgan fingerprint density at radius 2 is 1.88 bits per heavy atom. The van der Waals surface area contributed by atoms with Gasteiger partial charge in [-0.25, -0.2) is 8.42 Å². The van der Waals surface area contributed by atoms with Crippen LogP contribution in [0.25, 0.3) is 10.9 Å². The van der Waals surface area contributed by atoms with Gasteiger partial charge in [0.15, 0.2) is 0 Å². The maximum atomic E-state index is 13.2. The predicted octanol–water partition coefficient (Wildman–Crippen LogP) is 3.58. The van der Waals surface area contributed by atoms with Crippen LogP contribution >= 0.6 is 0 Å². The van der Waals surface area contributed by atoms with E-state index in [-0.39, 0.29) is 29.6 Å². The van der Waals surface area contributed by atoms with Gasteiger partial charge in [-0.1, -0.05) is 32.0 Å². The molecule has 8 nitrogen and oxygen atoms in total. The molecule has 2 heterocycles. The van der Waals surface area contributed by atoms with Gasteiger partial charge in [0.2, 0.25) is 10.0 Å². The van der Waals surface area contributed by atoms with Crippen molar-refractivity contribution in [1.82, 2.24) is 8.87 Å². The number of para-hydroxylation sites is 1. The molecule has 0 atom stereocenters. The Labute approximate surface area is 194 Å². The van der Waals surface area contributed by atoms with Gasteiger partial charge in [0.25, 0.3) is 5.91 Å². The maximum Gasteiger partial charge on any atom is 0.257 e. The van der Waals surface area contributed by atoms with Gasteiger partial charge in [-0.05, 0) is 30.2 Å². The summed E-state index contributed by atoms with van der Waals surface area (Å²) in [6.07, 6.45) is 1.86. The number of benzene rings is 2. The van der Waals surface area contributed by atoms with E-state index in [2.05, 4.69) is 23.7 Å². The number of anilines is 1. The lowest BCUT2D eigenvalue weighted by Gasteiger charge is -2.26. The van der Waals surface area contributed by atoms with Crippen molar-refractivity contribution in [3.63, 3.8) is 0 Å². The molecule has 9 heteroatoms. The molecule has 1 aliphatic heterocycles. The second-order valence-corrected chi connectivity index (χ2v) is 10.3. The molecule has 0 spiro atoms. The number of ether oxygens (including phenoxy) is 2. The fourth-order valence-corrected chi connectivity index (χ4v) is 5.64. The van der Waals surface area contributed by atoms with Crippen molar-refractivity contribution < 1.29 is 22.7 Å². The summed E-state index contributed by atoms with van der Waals surface area (Å²) >= 11 is 0. The first-order valence-corrected chi connectivity index (χ1v) is 12.4. The van der Waals surface area contributed by atoms with E-state index in [9.17, 15) is 13.2 Å². The van der Waals surface area contributed by atoms with Gasteiger partial charge in [-0.3, -0.25) is 4.79 Å². The van der Waals surface area contributed by atoms with E-state index < -0.39 is 10.0 Å². The molecule has 1 saturated heterocycles. The van der Waals surface area contributed by atoms with Gasteiger partial charge in [0, 0.05) is 42.4 Å². The highest BCUT2D eigenvalue weighted by atomic mass is 32.2. The minimum Gasteiger partial charge on any atom is -0.495 e. The van der Waals surface area contributed by atoms with E-state index >= 15 is 0 Å². The monoisotopic (exact) mass is 471 g/mol. The number of nitrogens with one attached hydrogen (secondary N) is 1. The van der Waals surface area contributed by atoms with Crippen molar-refractivity contribution in [3.8, 4) is 5.75 Å². The molecule has 176 valence electrons. The van der Waals surface area contributed by atoms with Gasteiger partial charge in [0.1, 0.15) is 10.6 Å². The number of nitrogens with zero attached hydrogens (tertiary/aromatic N) is 2. The first-order valence-electron chi connectivity index (χ1n) is 11.0. The Morgan fingerprint density at radius 1 is 1.15 bits per heavy atom. The molecule has 3 aromatic rings. The number of amides is 1. The Kier molecular flexibility index (Phi) is 6.73. The molecule has 2 aromatic carbocycles. The predicted molar refractivity (Wildman–Crippen MR) is 127 cm³/mol. The van der Waals surface area contributed by atoms with Gasteiger partial charge < -0.3 is 19.4 Å². The van der Waals surface area contributed by atoms with Crippen LogP contribution in [0.1, 0.15) is 24.2 Å². The number of hydrogen-bond acceptors (Lipinski definition) is 5. The molecule has 0 aliphatic carbocycles. The van der Waals surface area contributed by atoms with Crippen LogP contribution in [0.4, 0.5) is 5.69 Å². The number of hydrogen-bond donors (Lipinski definition) is 1. The van der Waals surface area contributed by atoms with Crippen molar-refractivity contribution in [3.05, 3.63) is 54.2 Å². The fourth-order valence-electron chi connectivity index (χ4n) is 4.05. The molecular formula is C24H29N3O5S. The molecule has 0 saturated carbocycles. The number of methoxy groups -OCH3 is 1. The first-order chi connectivity index (χ1) is 15.8. The molecule has 1 amide bonds. The zero-order valence-electron chi connectivity index (χ0n) is 19.1. The Morgan fingerprint density at radius 3 is 2.58 bits per heavy atom. The summed E-state index contributed by atoms with van der Waals surface area (Å²) < 4.78 is 40.5. The maximum absolute atomic E-state index is 13.2. The van der Waals surface area contributed by atoms with Gasteiger partial charge in [-0.15, -0.1) is 0 Å². The second-order valence-electron chi connectivity index (χ2n) is 8.44. The van der Waals surface area contributed by atoms with Crippen LogP contribution < -0.4 is 10.1 Å². The average Bonchev–Trinajstić information content (AvgIpc) is 3.17. The zero-order valence-corrected chi connectivity index (χ0v) is 19.9. The molecule has 33 heavy (non-hydrogen) atoms. The summed E-state index contributed by atoms with van der Waals surface area (Å²) in [5.41, 5.74) is 1.91. The minimum atomic E-state index is -3.80. The van der Waals surface area contributed by atoms with Crippen LogP contribution in [0.3, 0.4) is 0 Å². The summed E-state index contributed by atoms with van der Waals surface area (Å²) in [4.78, 5) is 13.2. The summed E-state index contributed by atoms with van der Waals surface area (Å²) in [7, 11) is -2.37. The highest BCUT2D eigenvalue weighted by Crippen LogP contribution is 2.31. The SMILES string of the molecule is COc1ccc(NC(=O)c2cn(CC(C)C)c3ccccc23)cc1S(=O)(=O)N1CCOCC1. The number of sulfonamides is 1. The number of morpholine rings is 1. The van der Waals surface area contributed by atoms with E-state index in [0.717, 1.165) is 17.4 Å². The second kappa shape index (κ2) is 9.54. The third-order valence-electron chi connectivity index (χ3n) is 5.60. The van der Waals surface area contributed by atoms with Crippen molar-refractivity contribution in [2.45, 2.75) is 25.3 Å². The van der Waals surface area contributed by atoms with Crippen LogP contribution in [0.2, 0.25) is 0 Å². The number of carbonyl (C=O) groups is 1. The number of carbonyl (C=O) groups excluding carboxylic acids is 1. The highest BCUT2D eigenvalue weighted by Gasteiger charge is 2.30. The molecule has 0 bridgehead atoms. The van der Waals surface area contributed by atoms with Crippen molar-refractivity contribution in [1.29, 1.82) is 0 Å². The van der Waals surface area contributed by atoms with Crippen molar-refractivity contribution in [2.24, 2.45) is 5.92 Å². The molecule has 1 fully saturated rings. The van der Waals surface area contributed by atoms with Crippen LogP contribution in [0.5, 0.6) is 5.75 Å². The molecular weight excluding hydrogens is 442 g/mol. The molecule has 1 aromatic heterocycles. The van der Waals surface area contributed by atoms with Crippen molar-refractivity contribution >= 4 is 32.5 Å². The summed E-state index contributed by atoms with van der Waals surface area (Å²) in [6.45, 7) is 6.29. The average molecular weight is 472 g/mol. The normalized spacial score (nSPS) is 15.2. The van der Waals surface area contributed by atoms with E-state index in [1.54, 1.807) is 12.1 Å². The lowest BCUT2D eigenvalue weighted by molar-refractivity contribution is 0.0729. The fraction of sp³-hybridized carbons (Fsp3) is 0.375.